The lowest BCUT2D eigenvalue weighted by molar-refractivity contribution is -0.132. The summed E-state index contributed by atoms with van der Waals surface area (Å²) in [5.41, 5.74) is 1.40. The molecule has 4 rings (SSSR count). The van der Waals surface area contributed by atoms with Crippen molar-refractivity contribution in [3.63, 3.8) is 0 Å². The van der Waals surface area contributed by atoms with Crippen molar-refractivity contribution in [3.05, 3.63) is 63.8 Å². The van der Waals surface area contributed by atoms with E-state index in [1.807, 2.05) is 13.1 Å². The minimum atomic E-state index is -0.556. The summed E-state index contributed by atoms with van der Waals surface area (Å²) in [6.07, 6.45) is 6.06. The number of methoxy groups -OCH3 is 1. The number of fused-ring (bicyclic) bond motifs is 1. The standard InChI is InChI=1S/C24H27FN4O4/c1-15-26-13-20-24(32)27-18(14-29(15)20)4-3-5-22(30)28-10-8-16(9-11-28)23(31)17-6-7-21(33-2)19(25)12-17/h6-7,12-14,16H,3-5,8-11H2,1-2H3,(H,27,32). The predicted molar refractivity (Wildman–Crippen MR) is 120 cm³/mol. The molecule has 0 unspecified atom stereocenters. The van der Waals surface area contributed by atoms with Gasteiger partial charge in [0.25, 0.3) is 5.56 Å². The highest BCUT2D eigenvalue weighted by molar-refractivity contribution is 5.98. The zero-order valence-corrected chi connectivity index (χ0v) is 18.8. The van der Waals surface area contributed by atoms with Crippen LogP contribution in [0.1, 0.15) is 47.6 Å². The van der Waals surface area contributed by atoms with Crippen molar-refractivity contribution < 1.29 is 18.7 Å². The molecule has 1 aliphatic rings. The lowest BCUT2D eigenvalue weighted by atomic mass is 9.88. The van der Waals surface area contributed by atoms with E-state index < -0.39 is 5.82 Å². The van der Waals surface area contributed by atoms with E-state index in [0.29, 0.717) is 56.3 Å². The second-order valence-electron chi connectivity index (χ2n) is 8.39. The number of likely N-dealkylation sites (tertiary alicyclic amines) is 1. The van der Waals surface area contributed by atoms with Gasteiger partial charge >= 0.3 is 0 Å². The summed E-state index contributed by atoms with van der Waals surface area (Å²) >= 11 is 0. The molecule has 1 N–H and O–H groups in total. The number of aryl methyl sites for hydroxylation is 2. The van der Waals surface area contributed by atoms with E-state index in [-0.39, 0.29) is 28.9 Å². The molecule has 0 saturated carbocycles. The first kappa shape index (κ1) is 22.7. The molecule has 1 amide bonds. The van der Waals surface area contributed by atoms with Gasteiger partial charge in [-0.15, -0.1) is 0 Å². The molecule has 0 atom stereocenters. The van der Waals surface area contributed by atoms with Gasteiger partial charge in [0, 0.05) is 42.9 Å². The maximum atomic E-state index is 13.9. The largest absolute Gasteiger partial charge is 0.494 e. The number of imidazole rings is 1. The minimum absolute atomic E-state index is 0.0404. The number of rotatable bonds is 7. The number of hydrogen-bond acceptors (Lipinski definition) is 5. The first-order valence-corrected chi connectivity index (χ1v) is 11.1. The lowest BCUT2D eigenvalue weighted by Gasteiger charge is -2.31. The number of nitrogens with one attached hydrogen (secondary N) is 1. The Hall–Kier alpha value is -3.49. The summed E-state index contributed by atoms with van der Waals surface area (Å²) in [5.74, 6) is 0.00694. The topological polar surface area (TPSA) is 96.8 Å². The number of aromatic amines is 1. The van der Waals surface area contributed by atoms with Gasteiger partial charge in [-0.3, -0.25) is 18.8 Å². The fourth-order valence-corrected chi connectivity index (χ4v) is 4.34. The van der Waals surface area contributed by atoms with Crippen LogP contribution in [0.4, 0.5) is 4.39 Å². The Morgan fingerprint density at radius 2 is 2.03 bits per heavy atom. The van der Waals surface area contributed by atoms with Crippen LogP contribution in [0.3, 0.4) is 0 Å². The van der Waals surface area contributed by atoms with E-state index in [1.165, 1.54) is 19.2 Å². The fraction of sp³-hybridized carbons (Fsp3) is 0.417. The molecule has 3 aromatic rings. The third-order valence-corrected chi connectivity index (χ3v) is 6.27. The quantitative estimate of drug-likeness (QED) is 0.554. The molecular formula is C24H27FN4O4. The molecule has 1 fully saturated rings. The van der Waals surface area contributed by atoms with Crippen molar-refractivity contribution >= 4 is 17.2 Å². The number of amides is 1. The molecule has 33 heavy (non-hydrogen) atoms. The number of ketones is 1. The average Bonchev–Trinajstić information content (AvgIpc) is 3.19. The van der Waals surface area contributed by atoms with E-state index in [2.05, 4.69) is 9.97 Å². The van der Waals surface area contributed by atoms with Crippen LogP contribution in [0, 0.1) is 18.7 Å². The Bertz CT molecular complexity index is 1240. The third kappa shape index (κ3) is 4.81. The summed E-state index contributed by atoms with van der Waals surface area (Å²) in [7, 11) is 1.38. The first-order valence-electron chi connectivity index (χ1n) is 11.1. The number of Topliss-reactive ketones (excluding diaryl/α,β-unsaturated/α-hetero) is 1. The summed E-state index contributed by atoms with van der Waals surface area (Å²) < 4.78 is 20.6. The minimum Gasteiger partial charge on any atom is -0.494 e. The van der Waals surface area contributed by atoms with Crippen LogP contribution < -0.4 is 10.3 Å². The molecule has 9 heteroatoms. The van der Waals surface area contributed by atoms with E-state index in [4.69, 9.17) is 4.74 Å². The van der Waals surface area contributed by atoms with Gasteiger partial charge < -0.3 is 14.6 Å². The Morgan fingerprint density at radius 1 is 1.27 bits per heavy atom. The SMILES string of the molecule is COc1ccc(C(=O)C2CCN(C(=O)CCCc3cn4c(C)ncc4c(=O)[nH]3)CC2)cc1F. The van der Waals surface area contributed by atoms with E-state index in [0.717, 1.165) is 11.5 Å². The number of halogens is 1. The van der Waals surface area contributed by atoms with E-state index >= 15 is 0 Å². The number of benzene rings is 1. The van der Waals surface area contributed by atoms with Crippen LogP contribution in [0.15, 0.2) is 35.4 Å². The van der Waals surface area contributed by atoms with Gasteiger partial charge in [-0.1, -0.05) is 0 Å². The Labute approximate surface area is 190 Å². The highest BCUT2D eigenvalue weighted by atomic mass is 19.1. The molecule has 174 valence electrons. The smallest absolute Gasteiger partial charge is 0.274 e. The Kier molecular flexibility index (Phi) is 6.57. The average molecular weight is 455 g/mol. The number of aromatic nitrogens is 3. The van der Waals surface area contributed by atoms with Crippen LogP contribution in [0.5, 0.6) is 5.75 Å². The van der Waals surface area contributed by atoms with Crippen LogP contribution in [-0.4, -0.2) is 51.2 Å². The monoisotopic (exact) mass is 454 g/mol. The zero-order valence-electron chi connectivity index (χ0n) is 18.8. The van der Waals surface area contributed by atoms with E-state index in [1.54, 1.807) is 21.6 Å². The van der Waals surface area contributed by atoms with Gasteiger partial charge in [0.15, 0.2) is 17.3 Å². The highest BCUT2D eigenvalue weighted by Gasteiger charge is 2.28. The van der Waals surface area contributed by atoms with Gasteiger partial charge in [-0.2, -0.15) is 0 Å². The first-order chi connectivity index (χ1) is 15.9. The van der Waals surface area contributed by atoms with E-state index in [9.17, 15) is 18.8 Å². The molecule has 1 aliphatic heterocycles. The number of ether oxygens (including phenoxy) is 1. The van der Waals surface area contributed by atoms with Crippen molar-refractivity contribution in [2.24, 2.45) is 5.92 Å². The number of carbonyl (C=O) groups is 2. The van der Waals surface area contributed by atoms with Crippen molar-refractivity contribution in [1.29, 1.82) is 0 Å². The van der Waals surface area contributed by atoms with Gasteiger partial charge in [-0.25, -0.2) is 9.37 Å². The van der Waals surface area contributed by atoms with Crippen molar-refractivity contribution in [2.45, 2.75) is 39.0 Å². The Morgan fingerprint density at radius 3 is 2.73 bits per heavy atom. The summed E-state index contributed by atoms with van der Waals surface area (Å²) in [6.45, 7) is 2.84. The number of hydrogen-bond donors (Lipinski definition) is 1. The highest BCUT2D eigenvalue weighted by Crippen LogP contribution is 2.25. The molecule has 0 spiro atoms. The van der Waals surface area contributed by atoms with Crippen LogP contribution in [-0.2, 0) is 11.2 Å². The van der Waals surface area contributed by atoms with Crippen molar-refractivity contribution in [1.82, 2.24) is 19.3 Å². The summed E-state index contributed by atoms with van der Waals surface area (Å²) in [5, 5.41) is 0. The van der Waals surface area contributed by atoms with Gasteiger partial charge in [-0.05, 0) is 50.8 Å². The second kappa shape index (κ2) is 9.56. The lowest BCUT2D eigenvalue weighted by Crippen LogP contribution is -2.40. The maximum absolute atomic E-state index is 13.9. The molecule has 2 aromatic heterocycles. The number of nitrogens with zero attached hydrogens (tertiary/aromatic N) is 3. The molecule has 1 aromatic carbocycles. The second-order valence-corrected chi connectivity index (χ2v) is 8.39. The van der Waals surface area contributed by atoms with Gasteiger partial charge in [0.05, 0.1) is 13.3 Å². The van der Waals surface area contributed by atoms with Gasteiger partial charge in [0.1, 0.15) is 11.3 Å². The van der Waals surface area contributed by atoms with Crippen LogP contribution in [0.2, 0.25) is 0 Å². The summed E-state index contributed by atoms with van der Waals surface area (Å²) in [6, 6.07) is 4.25. The zero-order chi connectivity index (χ0) is 23.5. The number of piperidine rings is 1. The predicted octanol–water partition coefficient (Wildman–Crippen LogP) is 2.92. The van der Waals surface area contributed by atoms with Gasteiger partial charge in [0.2, 0.25) is 5.91 Å². The molecule has 0 radical (unpaired) electrons. The van der Waals surface area contributed by atoms with Crippen LogP contribution >= 0.6 is 0 Å². The maximum Gasteiger partial charge on any atom is 0.274 e. The molecule has 8 nitrogen and oxygen atoms in total. The fourth-order valence-electron chi connectivity index (χ4n) is 4.34. The number of carbonyl (C=O) groups excluding carboxylic acids is 2. The number of H-pyrrole nitrogens is 1. The van der Waals surface area contributed by atoms with Crippen molar-refractivity contribution in [3.8, 4) is 5.75 Å². The molecule has 3 heterocycles. The molecule has 0 aliphatic carbocycles. The van der Waals surface area contributed by atoms with Crippen LogP contribution in [0.25, 0.3) is 5.52 Å². The normalized spacial score (nSPS) is 14.6. The third-order valence-electron chi connectivity index (χ3n) is 6.27. The molecular weight excluding hydrogens is 427 g/mol. The Balaban J connectivity index is 1.27. The molecule has 0 bridgehead atoms. The van der Waals surface area contributed by atoms with Crippen molar-refractivity contribution in [2.75, 3.05) is 20.2 Å². The summed E-state index contributed by atoms with van der Waals surface area (Å²) in [4.78, 5) is 46.3. The molecule has 1 saturated heterocycles.